The fourth-order valence-corrected chi connectivity index (χ4v) is 7.06. The van der Waals surface area contributed by atoms with Crippen LogP contribution in [0.5, 0.6) is 5.88 Å². The topological polar surface area (TPSA) is 108 Å². The molecule has 7 rings (SSSR count). The first-order valence-electron chi connectivity index (χ1n) is 14.9. The first-order valence-corrected chi connectivity index (χ1v) is 15.7. The van der Waals surface area contributed by atoms with Crippen molar-refractivity contribution in [3.63, 3.8) is 0 Å². The van der Waals surface area contributed by atoms with Crippen LogP contribution < -0.4 is 14.5 Å². The van der Waals surface area contributed by atoms with Crippen LogP contribution in [0.2, 0.25) is 10.0 Å². The van der Waals surface area contributed by atoms with Gasteiger partial charge in [-0.25, -0.2) is 9.78 Å². The molecule has 9 nitrogen and oxygen atoms in total. The molecule has 1 saturated carbocycles. The number of aromatic nitrogens is 3. The zero-order valence-electron chi connectivity index (χ0n) is 24.2. The van der Waals surface area contributed by atoms with Gasteiger partial charge in [0.05, 0.1) is 22.7 Å². The summed E-state index contributed by atoms with van der Waals surface area (Å²) in [6.07, 6.45) is 4.59. The van der Waals surface area contributed by atoms with E-state index < -0.39 is 5.97 Å². The van der Waals surface area contributed by atoms with Crippen molar-refractivity contribution in [1.29, 1.82) is 5.26 Å². The lowest BCUT2D eigenvalue weighted by molar-refractivity contribution is 0.0697. The molecular weight excluding hydrogens is 599 g/mol. The van der Waals surface area contributed by atoms with Gasteiger partial charge >= 0.3 is 5.97 Å². The third-order valence-electron chi connectivity index (χ3n) is 9.46. The van der Waals surface area contributed by atoms with Gasteiger partial charge in [0.1, 0.15) is 12.4 Å². The summed E-state index contributed by atoms with van der Waals surface area (Å²) in [6, 6.07) is 18.7. The van der Waals surface area contributed by atoms with Crippen LogP contribution in [-0.2, 0) is 13.2 Å². The van der Waals surface area contributed by atoms with E-state index in [2.05, 4.69) is 20.4 Å². The van der Waals surface area contributed by atoms with Gasteiger partial charge in [-0.3, -0.25) is 0 Å². The molecule has 1 spiro atoms. The average Bonchev–Trinajstić information content (AvgIpc) is 3.67. The number of carbonyl (C=O) groups is 1. The summed E-state index contributed by atoms with van der Waals surface area (Å²) in [4.78, 5) is 26.1. The van der Waals surface area contributed by atoms with Crippen molar-refractivity contribution >= 4 is 52.0 Å². The third-order valence-corrected chi connectivity index (χ3v) is 10.0. The second kappa shape index (κ2) is 11.2. The lowest BCUT2D eigenvalue weighted by atomic mass is 9.72. The summed E-state index contributed by atoms with van der Waals surface area (Å²) in [5.41, 5.74) is 2.88. The number of halogens is 2. The number of rotatable bonds is 9. The SMILES string of the molecule is N#CCC1(Cn2c(N3CC4(CCN(c5cccc(OCc6ccc(Cl)cc6Cl)n5)CC4)C3)nc3ccc(C(=O)O)cc32)CC1. The van der Waals surface area contributed by atoms with Crippen LogP contribution in [0.15, 0.2) is 54.6 Å². The van der Waals surface area contributed by atoms with E-state index in [0.717, 1.165) is 80.2 Å². The molecule has 0 amide bonds. The molecule has 0 radical (unpaired) electrons. The number of nitrogens with zero attached hydrogens (tertiary/aromatic N) is 6. The van der Waals surface area contributed by atoms with E-state index in [9.17, 15) is 15.2 Å². The van der Waals surface area contributed by atoms with Crippen molar-refractivity contribution in [2.24, 2.45) is 10.8 Å². The third kappa shape index (κ3) is 5.53. The molecule has 2 saturated heterocycles. The maximum atomic E-state index is 11.7. The van der Waals surface area contributed by atoms with Crippen LogP contribution in [-0.4, -0.2) is 51.8 Å². The summed E-state index contributed by atoms with van der Waals surface area (Å²) in [5, 5.41) is 20.2. The van der Waals surface area contributed by atoms with E-state index in [1.54, 1.807) is 30.3 Å². The molecule has 11 heteroatoms. The molecule has 4 aromatic rings. The number of hydrogen-bond acceptors (Lipinski definition) is 7. The highest BCUT2D eigenvalue weighted by Crippen LogP contribution is 2.52. The molecule has 3 fully saturated rings. The van der Waals surface area contributed by atoms with Crippen LogP contribution in [0.3, 0.4) is 0 Å². The number of ether oxygens (including phenoxy) is 1. The standard InChI is InChI=1S/C33H32Cl2N6O3/c34-24-6-4-23(25(35)17-24)18-44-29-3-1-2-28(38-29)39-14-11-33(12-15-39)19-40(20-33)31-37-26-7-5-22(30(42)43)16-27(26)41(31)21-32(8-9-32)10-13-36/h1-7,16-17H,8-12,14-15,18-21H2,(H,42,43). The number of anilines is 2. The minimum Gasteiger partial charge on any atom is -0.478 e. The number of hydrogen-bond donors (Lipinski definition) is 1. The van der Waals surface area contributed by atoms with Crippen molar-refractivity contribution in [3.05, 3.63) is 75.8 Å². The molecule has 0 atom stereocenters. The quantitative estimate of drug-likeness (QED) is 0.215. The molecule has 1 aliphatic carbocycles. The Morgan fingerprint density at radius 3 is 2.50 bits per heavy atom. The Balaban J connectivity index is 1.02. The van der Waals surface area contributed by atoms with Gasteiger partial charge in [0.25, 0.3) is 0 Å². The molecular formula is C33H32Cl2N6O3. The number of fused-ring (bicyclic) bond motifs is 1. The smallest absolute Gasteiger partial charge is 0.335 e. The summed E-state index contributed by atoms with van der Waals surface area (Å²) in [6.45, 7) is 4.60. The van der Waals surface area contributed by atoms with E-state index in [-0.39, 0.29) is 16.4 Å². The van der Waals surface area contributed by atoms with Gasteiger partial charge in [0, 0.05) is 71.6 Å². The van der Waals surface area contributed by atoms with E-state index >= 15 is 0 Å². The molecule has 44 heavy (non-hydrogen) atoms. The highest BCUT2D eigenvalue weighted by atomic mass is 35.5. The average molecular weight is 632 g/mol. The number of imidazole rings is 1. The van der Waals surface area contributed by atoms with Gasteiger partial charge in [0.2, 0.25) is 11.8 Å². The molecule has 4 heterocycles. The lowest BCUT2D eigenvalue weighted by Gasteiger charge is -2.54. The maximum Gasteiger partial charge on any atom is 0.335 e. The molecule has 2 aromatic heterocycles. The minimum absolute atomic E-state index is 0.0451. The second-order valence-corrected chi connectivity index (χ2v) is 13.4. The number of pyridine rings is 1. The summed E-state index contributed by atoms with van der Waals surface area (Å²) in [5.74, 6) is 1.39. The van der Waals surface area contributed by atoms with Crippen LogP contribution >= 0.6 is 23.2 Å². The van der Waals surface area contributed by atoms with E-state index in [0.29, 0.717) is 35.5 Å². The van der Waals surface area contributed by atoms with E-state index in [1.165, 1.54) is 0 Å². The molecule has 0 unspecified atom stereocenters. The number of aromatic carboxylic acids is 1. The molecule has 2 aliphatic heterocycles. The van der Waals surface area contributed by atoms with Crippen LogP contribution in [0.4, 0.5) is 11.8 Å². The highest BCUT2D eigenvalue weighted by molar-refractivity contribution is 6.35. The zero-order valence-corrected chi connectivity index (χ0v) is 25.7. The van der Waals surface area contributed by atoms with Crippen molar-refractivity contribution < 1.29 is 14.6 Å². The number of benzene rings is 2. The number of nitriles is 1. The summed E-state index contributed by atoms with van der Waals surface area (Å²) in [7, 11) is 0. The number of carboxylic acid groups (broad SMARTS) is 1. The first kappa shape index (κ1) is 28.8. The van der Waals surface area contributed by atoms with Crippen molar-refractivity contribution in [2.45, 2.75) is 45.3 Å². The normalized spacial score (nSPS) is 18.2. The second-order valence-electron chi connectivity index (χ2n) is 12.5. The molecule has 3 aliphatic rings. The number of piperidine rings is 1. The fraction of sp³-hybridized carbons (Fsp3) is 0.394. The van der Waals surface area contributed by atoms with Crippen molar-refractivity contribution in [1.82, 2.24) is 14.5 Å². The van der Waals surface area contributed by atoms with Crippen LogP contribution in [0.1, 0.15) is 48.0 Å². The minimum atomic E-state index is -0.952. The number of carboxylic acids is 1. The molecule has 226 valence electrons. The van der Waals surface area contributed by atoms with Gasteiger partial charge in [-0.15, -0.1) is 0 Å². The van der Waals surface area contributed by atoms with Crippen LogP contribution in [0, 0.1) is 22.2 Å². The summed E-state index contributed by atoms with van der Waals surface area (Å²) >= 11 is 12.3. The summed E-state index contributed by atoms with van der Waals surface area (Å²) < 4.78 is 8.13. The van der Waals surface area contributed by atoms with Gasteiger partial charge in [-0.05, 0) is 62.1 Å². The largest absolute Gasteiger partial charge is 0.478 e. The van der Waals surface area contributed by atoms with Crippen molar-refractivity contribution in [3.8, 4) is 11.9 Å². The Bertz CT molecular complexity index is 1780. The van der Waals surface area contributed by atoms with Gasteiger partial charge in [0.15, 0.2) is 0 Å². The molecule has 1 N–H and O–H groups in total. The molecule has 2 aromatic carbocycles. The Morgan fingerprint density at radius 2 is 1.80 bits per heavy atom. The zero-order chi connectivity index (χ0) is 30.5. The van der Waals surface area contributed by atoms with Crippen LogP contribution in [0.25, 0.3) is 11.0 Å². The highest BCUT2D eigenvalue weighted by Gasteiger charge is 2.48. The Hall–Kier alpha value is -4.00. The fourth-order valence-electron chi connectivity index (χ4n) is 6.59. The van der Waals surface area contributed by atoms with Crippen molar-refractivity contribution in [2.75, 3.05) is 36.0 Å². The predicted octanol–water partition coefficient (Wildman–Crippen LogP) is 6.82. The van der Waals surface area contributed by atoms with E-state index in [4.69, 9.17) is 37.9 Å². The van der Waals surface area contributed by atoms with Gasteiger partial charge in [-0.2, -0.15) is 10.2 Å². The van der Waals surface area contributed by atoms with Gasteiger partial charge < -0.3 is 24.2 Å². The Morgan fingerprint density at radius 1 is 1.00 bits per heavy atom. The van der Waals surface area contributed by atoms with Gasteiger partial charge in [-0.1, -0.05) is 35.3 Å². The Kier molecular flexibility index (Phi) is 7.30. The lowest BCUT2D eigenvalue weighted by Crippen LogP contribution is -2.61. The Labute approximate surface area is 265 Å². The maximum absolute atomic E-state index is 11.7. The predicted molar refractivity (Wildman–Crippen MR) is 170 cm³/mol. The monoisotopic (exact) mass is 630 g/mol. The first-order chi connectivity index (χ1) is 21.3. The molecule has 0 bridgehead atoms. The van der Waals surface area contributed by atoms with E-state index in [1.807, 2.05) is 24.3 Å².